The molecule has 2 aromatic carbocycles. The molecule has 3 rings (SSSR count). The SMILES string of the molecule is COc1cc(OC)c2ccccc2c1/C=C1/C(=O)NC(=S)N(C)C1=O. The average molecular weight is 356 g/mol. The number of hydrogen-bond donors (Lipinski definition) is 1. The van der Waals surface area contributed by atoms with Crippen LogP contribution in [0.15, 0.2) is 35.9 Å². The van der Waals surface area contributed by atoms with Gasteiger partial charge in [0.1, 0.15) is 17.1 Å². The standard InChI is InChI=1S/C18H16N2O4S/c1-20-17(22)13(16(21)19-18(20)25)8-12-10-6-4-5-7-11(10)14(23-2)9-15(12)24-3/h4-9H,1-3H3,(H,19,21,25)/b13-8-. The van der Waals surface area contributed by atoms with Crippen LogP contribution in [-0.2, 0) is 9.59 Å². The summed E-state index contributed by atoms with van der Waals surface area (Å²) in [6, 6.07) is 9.27. The van der Waals surface area contributed by atoms with Gasteiger partial charge in [0.05, 0.1) is 14.2 Å². The van der Waals surface area contributed by atoms with E-state index in [4.69, 9.17) is 21.7 Å². The molecule has 2 aromatic rings. The molecule has 0 aromatic heterocycles. The molecule has 1 heterocycles. The second kappa shape index (κ2) is 6.52. The number of likely N-dealkylation sites (N-methyl/N-ethyl adjacent to an activating group) is 1. The number of rotatable bonds is 3. The predicted molar refractivity (Wildman–Crippen MR) is 98.5 cm³/mol. The van der Waals surface area contributed by atoms with Crippen LogP contribution in [0.5, 0.6) is 11.5 Å². The van der Waals surface area contributed by atoms with Crippen LogP contribution in [0.3, 0.4) is 0 Å². The molecule has 0 spiro atoms. The van der Waals surface area contributed by atoms with Gasteiger partial charge in [-0.15, -0.1) is 0 Å². The van der Waals surface area contributed by atoms with Crippen LogP contribution in [0.4, 0.5) is 0 Å². The third-order valence-corrected chi connectivity index (χ3v) is 4.42. The molecule has 1 N–H and O–H groups in total. The monoisotopic (exact) mass is 356 g/mol. The highest BCUT2D eigenvalue weighted by molar-refractivity contribution is 7.80. The maximum absolute atomic E-state index is 12.5. The molecule has 7 heteroatoms. The lowest BCUT2D eigenvalue weighted by atomic mass is 9.99. The van der Waals surface area contributed by atoms with Crippen molar-refractivity contribution >= 4 is 46.0 Å². The molecule has 0 radical (unpaired) electrons. The zero-order valence-electron chi connectivity index (χ0n) is 14.0. The topological polar surface area (TPSA) is 67.9 Å². The second-order valence-corrected chi connectivity index (χ2v) is 5.81. The molecule has 0 atom stereocenters. The molecule has 0 unspecified atom stereocenters. The Labute approximate surface area is 150 Å². The average Bonchev–Trinajstić information content (AvgIpc) is 2.63. The first-order chi connectivity index (χ1) is 12.0. The van der Waals surface area contributed by atoms with Gasteiger partial charge < -0.3 is 9.47 Å². The summed E-state index contributed by atoms with van der Waals surface area (Å²) in [5, 5.41) is 4.24. The van der Waals surface area contributed by atoms with Crippen LogP contribution in [0.1, 0.15) is 5.56 Å². The number of nitrogens with one attached hydrogen (secondary N) is 1. The van der Waals surface area contributed by atoms with Crippen LogP contribution in [0.2, 0.25) is 0 Å². The fourth-order valence-corrected chi connectivity index (χ4v) is 2.89. The molecule has 1 fully saturated rings. The van der Waals surface area contributed by atoms with Gasteiger partial charge in [0.15, 0.2) is 5.11 Å². The summed E-state index contributed by atoms with van der Waals surface area (Å²) in [6.45, 7) is 0. The third-order valence-electron chi connectivity index (χ3n) is 4.04. The molecule has 0 bridgehead atoms. The van der Waals surface area contributed by atoms with E-state index in [9.17, 15) is 9.59 Å². The van der Waals surface area contributed by atoms with Crippen LogP contribution in [0, 0.1) is 0 Å². The van der Waals surface area contributed by atoms with Gasteiger partial charge in [0.2, 0.25) is 0 Å². The Kier molecular flexibility index (Phi) is 4.41. The minimum atomic E-state index is -0.532. The molecule has 128 valence electrons. The summed E-state index contributed by atoms with van der Waals surface area (Å²) in [4.78, 5) is 25.9. The minimum Gasteiger partial charge on any atom is -0.496 e. The van der Waals surface area contributed by atoms with Crippen molar-refractivity contribution in [2.24, 2.45) is 0 Å². The van der Waals surface area contributed by atoms with Gasteiger partial charge in [-0.3, -0.25) is 19.8 Å². The number of nitrogens with zero attached hydrogens (tertiary/aromatic N) is 1. The van der Waals surface area contributed by atoms with E-state index < -0.39 is 11.8 Å². The Morgan fingerprint density at radius 3 is 2.36 bits per heavy atom. The lowest BCUT2D eigenvalue weighted by Crippen LogP contribution is -2.52. The Hall–Kier alpha value is -2.93. The fourth-order valence-electron chi connectivity index (χ4n) is 2.72. The molecule has 1 aliphatic heterocycles. The van der Waals surface area contributed by atoms with Crippen molar-refractivity contribution in [2.75, 3.05) is 21.3 Å². The molecule has 25 heavy (non-hydrogen) atoms. The number of thiocarbonyl (C=S) groups is 1. The van der Waals surface area contributed by atoms with Crippen molar-refractivity contribution in [3.8, 4) is 11.5 Å². The van der Waals surface area contributed by atoms with Crippen molar-refractivity contribution in [1.82, 2.24) is 10.2 Å². The Morgan fingerprint density at radius 2 is 1.72 bits per heavy atom. The number of carbonyl (C=O) groups is 2. The van der Waals surface area contributed by atoms with E-state index >= 15 is 0 Å². The highest BCUT2D eigenvalue weighted by atomic mass is 32.1. The van der Waals surface area contributed by atoms with Crippen molar-refractivity contribution in [3.05, 3.63) is 41.5 Å². The molecule has 2 amide bonds. The predicted octanol–water partition coefficient (Wildman–Crippen LogP) is 2.11. The molecule has 6 nitrogen and oxygen atoms in total. The largest absolute Gasteiger partial charge is 0.496 e. The number of methoxy groups -OCH3 is 2. The van der Waals surface area contributed by atoms with Crippen LogP contribution in [-0.4, -0.2) is 43.1 Å². The number of hydrogen-bond acceptors (Lipinski definition) is 5. The van der Waals surface area contributed by atoms with E-state index in [1.807, 2.05) is 24.3 Å². The van der Waals surface area contributed by atoms with E-state index in [1.54, 1.807) is 13.2 Å². The third kappa shape index (κ3) is 2.83. The van der Waals surface area contributed by atoms with Crippen molar-refractivity contribution < 1.29 is 19.1 Å². The normalized spacial score (nSPS) is 16.4. The van der Waals surface area contributed by atoms with Gasteiger partial charge in [-0.1, -0.05) is 24.3 Å². The molecule has 0 saturated carbocycles. The zero-order valence-corrected chi connectivity index (χ0v) is 14.8. The number of benzene rings is 2. The van der Waals surface area contributed by atoms with E-state index in [1.165, 1.54) is 25.1 Å². The summed E-state index contributed by atoms with van der Waals surface area (Å²) < 4.78 is 10.9. The highest BCUT2D eigenvalue weighted by Crippen LogP contribution is 2.37. The maximum atomic E-state index is 12.5. The number of carbonyl (C=O) groups excluding carboxylic acids is 2. The lowest BCUT2D eigenvalue weighted by molar-refractivity contribution is -0.128. The Bertz CT molecular complexity index is 936. The summed E-state index contributed by atoms with van der Waals surface area (Å²) in [6.07, 6.45) is 1.52. The van der Waals surface area contributed by atoms with Gasteiger partial charge in [-0.25, -0.2) is 0 Å². The molecule has 1 aliphatic rings. The van der Waals surface area contributed by atoms with Crippen LogP contribution < -0.4 is 14.8 Å². The zero-order chi connectivity index (χ0) is 18.1. The molecular weight excluding hydrogens is 340 g/mol. The quantitative estimate of drug-likeness (QED) is 0.518. The Morgan fingerprint density at radius 1 is 1.08 bits per heavy atom. The van der Waals surface area contributed by atoms with Crippen molar-refractivity contribution in [3.63, 3.8) is 0 Å². The van der Waals surface area contributed by atoms with E-state index in [0.717, 1.165) is 10.8 Å². The number of amides is 2. The van der Waals surface area contributed by atoms with Crippen molar-refractivity contribution in [1.29, 1.82) is 0 Å². The van der Waals surface area contributed by atoms with Crippen molar-refractivity contribution in [2.45, 2.75) is 0 Å². The molecule has 1 saturated heterocycles. The summed E-state index contributed by atoms with van der Waals surface area (Å²) in [7, 11) is 4.62. The lowest BCUT2D eigenvalue weighted by Gasteiger charge is -2.25. The van der Waals surface area contributed by atoms with Crippen LogP contribution >= 0.6 is 12.2 Å². The van der Waals surface area contributed by atoms with E-state index in [0.29, 0.717) is 17.1 Å². The number of fused-ring (bicyclic) bond motifs is 1. The van der Waals surface area contributed by atoms with Gasteiger partial charge in [0.25, 0.3) is 11.8 Å². The first kappa shape index (κ1) is 16.9. The second-order valence-electron chi connectivity index (χ2n) is 5.42. The first-order valence-corrected chi connectivity index (χ1v) is 7.87. The maximum Gasteiger partial charge on any atom is 0.265 e. The minimum absolute atomic E-state index is 0.00952. The van der Waals surface area contributed by atoms with E-state index in [2.05, 4.69) is 5.32 Å². The van der Waals surface area contributed by atoms with E-state index in [-0.39, 0.29) is 10.7 Å². The summed E-state index contributed by atoms with van der Waals surface area (Å²) >= 11 is 4.96. The first-order valence-electron chi connectivity index (χ1n) is 7.46. The Balaban J connectivity index is 2.27. The summed E-state index contributed by atoms with van der Waals surface area (Å²) in [5.41, 5.74) is 0.614. The van der Waals surface area contributed by atoms with Crippen LogP contribution in [0.25, 0.3) is 16.8 Å². The fraction of sp³-hybridized carbons (Fsp3) is 0.167. The van der Waals surface area contributed by atoms with Gasteiger partial charge in [0, 0.05) is 24.1 Å². The van der Waals surface area contributed by atoms with Gasteiger partial charge in [-0.05, 0) is 23.7 Å². The van der Waals surface area contributed by atoms with Gasteiger partial charge >= 0.3 is 0 Å². The van der Waals surface area contributed by atoms with Gasteiger partial charge in [-0.2, -0.15) is 0 Å². The summed E-state index contributed by atoms with van der Waals surface area (Å²) in [5.74, 6) is 0.150. The number of ether oxygens (including phenoxy) is 2. The molecule has 0 aliphatic carbocycles. The smallest absolute Gasteiger partial charge is 0.265 e. The molecular formula is C18H16N2O4S. The highest BCUT2D eigenvalue weighted by Gasteiger charge is 2.31.